The summed E-state index contributed by atoms with van der Waals surface area (Å²) in [6.07, 6.45) is 0.890. The van der Waals surface area contributed by atoms with Crippen molar-refractivity contribution in [2.75, 3.05) is 5.32 Å². The molecule has 27 heavy (non-hydrogen) atoms. The Balaban J connectivity index is 1.67. The molecule has 1 aromatic heterocycles. The molecule has 1 heterocycles. The number of aromatic nitrogens is 4. The van der Waals surface area contributed by atoms with Crippen LogP contribution in [0.2, 0.25) is 0 Å². The Bertz CT molecular complexity index is 905. The molecule has 0 aliphatic carbocycles. The fourth-order valence-electron chi connectivity index (χ4n) is 2.69. The minimum absolute atomic E-state index is 0.207. The van der Waals surface area contributed by atoms with Crippen molar-refractivity contribution in [3.05, 3.63) is 59.9 Å². The average molecular weight is 365 g/mol. The van der Waals surface area contributed by atoms with E-state index in [-0.39, 0.29) is 5.91 Å². The first kappa shape index (κ1) is 18.6. The van der Waals surface area contributed by atoms with Crippen LogP contribution in [0.1, 0.15) is 37.8 Å². The van der Waals surface area contributed by atoms with Gasteiger partial charge in [-0.2, -0.15) is 0 Å². The van der Waals surface area contributed by atoms with Crippen LogP contribution in [0.5, 0.6) is 5.75 Å². The van der Waals surface area contributed by atoms with E-state index in [9.17, 15) is 4.79 Å². The number of hydrogen-bond donors (Lipinski definition) is 1. The van der Waals surface area contributed by atoms with Gasteiger partial charge >= 0.3 is 0 Å². The van der Waals surface area contributed by atoms with Gasteiger partial charge < -0.3 is 10.1 Å². The molecule has 0 bridgehead atoms. The molecule has 0 aliphatic heterocycles. The maximum absolute atomic E-state index is 12.5. The van der Waals surface area contributed by atoms with Crippen LogP contribution >= 0.6 is 0 Å². The number of nitrogens with zero attached hydrogens (tertiary/aromatic N) is 4. The van der Waals surface area contributed by atoms with E-state index in [0.717, 1.165) is 22.6 Å². The van der Waals surface area contributed by atoms with Crippen molar-refractivity contribution in [2.45, 2.75) is 39.7 Å². The van der Waals surface area contributed by atoms with Gasteiger partial charge in [-0.25, -0.2) is 4.68 Å². The van der Waals surface area contributed by atoms with Crippen LogP contribution in [0.15, 0.2) is 48.8 Å². The number of carbonyl (C=O) groups excluding carboxylic acids is 1. The van der Waals surface area contributed by atoms with Crippen molar-refractivity contribution in [1.29, 1.82) is 0 Å². The van der Waals surface area contributed by atoms with E-state index in [4.69, 9.17) is 4.74 Å². The molecule has 1 atom stereocenters. The first-order valence-electron chi connectivity index (χ1n) is 8.85. The maximum atomic E-state index is 12.5. The molecule has 140 valence electrons. The predicted molar refractivity (Wildman–Crippen MR) is 103 cm³/mol. The van der Waals surface area contributed by atoms with Crippen molar-refractivity contribution in [3.8, 4) is 11.4 Å². The largest absolute Gasteiger partial charge is 0.481 e. The van der Waals surface area contributed by atoms with Gasteiger partial charge in [0, 0.05) is 5.69 Å². The summed E-state index contributed by atoms with van der Waals surface area (Å²) in [5.41, 5.74) is 3.68. The summed E-state index contributed by atoms with van der Waals surface area (Å²) in [6.45, 7) is 7.97. The van der Waals surface area contributed by atoms with E-state index < -0.39 is 6.10 Å². The van der Waals surface area contributed by atoms with Crippen LogP contribution < -0.4 is 10.1 Å². The number of nitrogens with one attached hydrogen (secondary N) is 1. The second kappa shape index (κ2) is 7.99. The van der Waals surface area contributed by atoms with Crippen molar-refractivity contribution in [3.63, 3.8) is 0 Å². The van der Waals surface area contributed by atoms with E-state index in [1.165, 1.54) is 6.33 Å². The van der Waals surface area contributed by atoms with Gasteiger partial charge in [0.2, 0.25) is 0 Å². The van der Waals surface area contributed by atoms with Crippen molar-refractivity contribution in [2.24, 2.45) is 0 Å². The summed E-state index contributed by atoms with van der Waals surface area (Å²) in [7, 11) is 0. The lowest BCUT2D eigenvalue weighted by Crippen LogP contribution is -2.30. The van der Waals surface area contributed by atoms with Gasteiger partial charge in [-0.05, 0) is 71.7 Å². The maximum Gasteiger partial charge on any atom is 0.265 e. The summed E-state index contributed by atoms with van der Waals surface area (Å²) >= 11 is 0. The molecule has 1 N–H and O–H groups in total. The number of anilines is 1. The lowest BCUT2D eigenvalue weighted by Gasteiger charge is -2.19. The lowest BCUT2D eigenvalue weighted by molar-refractivity contribution is -0.122. The van der Waals surface area contributed by atoms with Gasteiger partial charge in [-0.1, -0.05) is 26.0 Å². The SMILES string of the molecule is Cc1ccc(C(C)C)c(O[C@H](C)C(=O)Nc2ccc(-n3cnnn3)cc2)c1. The number of aryl methyl sites for hydroxylation is 1. The molecule has 2 aromatic carbocycles. The van der Waals surface area contributed by atoms with E-state index in [1.807, 2.05) is 25.1 Å². The van der Waals surface area contributed by atoms with Gasteiger partial charge in [0.05, 0.1) is 5.69 Å². The number of rotatable bonds is 6. The first-order valence-corrected chi connectivity index (χ1v) is 8.85. The smallest absolute Gasteiger partial charge is 0.265 e. The zero-order chi connectivity index (χ0) is 19.4. The number of tetrazole rings is 1. The van der Waals surface area contributed by atoms with E-state index in [2.05, 4.69) is 46.8 Å². The molecule has 0 spiro atoms. The molecule has 7 nitrogen and oxygen atoms in total. The minimum Gasteiger partial charge on any atom is -0.481 e. The van der Waals surface area contributed by atoms with Crippen LogP contribution in [-0.4, -0.2) is 32.2 Å². The van der Waals surface area contributed by atoms with Crippen molar-refractivity contribution < 1.29 is 9.53 Å². The average Bonchev–Trinajstić information content (AvgIpc) is 3.16. The van der Waals surface area contributed by atoms with Gasteiger partial charge in [-0.15, -0.1) is 5.10 Å². The highest BCUT2D eigenvalue weighted by Gasteiger charge is 2.18. The number of hydrogen-bond acceptors (Lipinski definition) is 5. The second-order valence-electron chi connectivity index (χ2n) is 6.75. The Morgan fingerprint density at radius 3 is 2.48 bits per heavy atom. The topological polar surface area (TPSA) is 81.9 Å². The zero-order valence-corrected chi connectivity index (χ0v) is 15.9. The molecule has 3 rings (SSSR count). The molecular formula is C20H23N5O2. The summed E-state index contributed by atoms with van der Waals surface area (Å²) < 4.78 is 7.51. The van der Waals surface area contributed by atoms with Crippen LogP contribution in [0.4, 0.5) is 5.69 Å². The van der Waals surface area contributed by atoms with Gasteiger partial charge in [0.1, 0.15) is 12.1 Å². The third kappa shape index (κ3) is 4.49. The monoisotopic (exact) mass is 365 g/mol. The quantitative estimate of drug-likeness (QED) is 0.723. The Kier molecular flexibility index (Phi) is 5.49. The lowest BCUT2D eigenvalue weighted by atomic mass is 10.0. The van der Waals surface area contributed by atoms with Crippen LogP contribution in [0.3, 0.4) is 0 Å². The zero-order valence-electron chi connectivity index (χ0n) is 15.9. The van der Waals surface area contributed by atoms with Crippen LogP contribution in [0.25, 0.3) is 5.69 Å². The standard InChI is InChI=1S/C20H23N5O2/c1-13(2)18-10-5-14(3)11-19(18)27-15(4)20(26)22-16-6-8-17(9-7-16)25-12-21-23-24-25/h5-13,15H,1-4H3,(H,22,26)/t15-/m1/s1. The van der Waals surface area contributed by atoms with Gasteiger partial charge in [-0.3, -0.25) is 4.79 Å². The van der Waals surface area contributed by atoms with E-state index >= 15 is 0 Å². The third-order valence-corrected chi connectivity index (χ3v) is 4.21. The summed E-state index contributed by atoms with van der Waals surface area (Å²) in [5, 5.41) is 13.9. The Labute approximate surface area is 158 Å². The summed E-state index contributed by atoms with van der Waals surface area (Å²) in [5.74, 6) is 0.859. The molecule has 0 saturated carbocycles. The highest BCUT2D eigenvalue weighted by Crippen LogP contribution is 2.28. The number of amides is 1. The normalized spacial score (nSPS) is 12.0. The van der Waals surface area contributed by atoms with Gasteiger partial charge in [0.15, 0.2) is 6.10 Å². The second-order valence-corrected chi connectivity index (χ2v) is 6.75. The Morgan fingerprint density at radius 2 is 1.85 bits per heavy atom. The predicted octanol–water partition coefficient (Wildman–Crippen LogP) is 3.50. The third-order valence-electron chi connectivity index (χ3n) is 4.21. The van der Waals surface area contributed by atoms with E-state index in [0.29, 0.717) is 11.6 Å². The molecule has 3 aromatic rings. The summed E-state index contributed by atoms with van der Waals surface area (Å²) in [4.78, 5) is 12.5. The molecule has 7 heteroatoms. The summed E-state index contributed by atoms with van der Waals surface area (Å²) in [6, 6.07) is 13.3. The highest BCUT2D eigenvalue weighted by atomic mass is 16.5. The Morgan fingerprint density at radius 1 is 1.11 bits per heavy atom. The van der Waals surface area contributed by atoms with Crippen molar-refractivity contribution >= 4 is 11.6 Å². The molecule has 1 amide bonds. The van der Waals surface area contributed by atoms with Gasteiger partial charge in [0.25, 0.3) is 5.91 Å². The fourth-order valence-corrected chi connectivity index (χ4v) is 2.69. The highest BCUT2D eigenvalue weighted by molar-refractivity contribution is 5.94. The molecule has 0 fully saturated rings. The number of benzene rings is 2. The number of carbonyl (C=O) groups is 1. The van der Waals surface area contributed by atoms with Crippen molar-refractivity contribution in [1.82, 2.24) is 20.2 Å². The Hall–Kier alpha value is -3.22. The molecule has 0 unspecified atom stereocenters. The minimum atomic E-state index is -0.622. The number of ether oxygens (including phenoxy) is 1. The molecule has 0 saturated heterocycles. The fraction of sp³-hybridized carbons (Fsp3) is 0.300. The molecule has 0 radical (unpaired) electrons. The van der Waals surface area contributed by atoms with E-state index in [1.54, 1.807) is 23.7 Å². The first-order chi connectivity index (χ1) is 12.9. The molecule has 0 aliphatic rings. The van der Waals surface area contributed by atoms with Crippen LogP contribution in [-0.2, 0) is 4.79 Å². The van der Waals surface area contributed by atoms with Crippen LogP contribution in [0, 0.1) is 6.92 Å². The molecular weight excluding hydrogens is 342 g/mol.